The number of nitrogens with one attached hydrogen (secondary N) is 1. The van der Waals surface area contributed by atoms with Gasteiger partial charge in [0.1, 0.15) is 5.56 Å². The minimum absolute atomic E-state index is 0.00378. The molecular weight excluding hydrogens is 456 g/mol. The first-order valence-corrected chi connectivity index (χ1v) is 9.33. The molecule has 1 amide bonds. The van der Waals surface area contributed by atoms with Crippen LogP contribution in [0.5, 0.6) is 11.5 Å². The van der Waals surface area contributed by atoms with Crippen molar-refractivity contribution in [3.8, 4) is 22.8 Å². The summed E-state index contributed by atoms with van der Waals surface area (Å²) in [5.41, 5.74) is 2.07. The minimum atomic E-state index is -0.709. The summed E-state index contributed by atoms with van der Waals surface area (Å²) in [7, 11) is 1.29. The molecule has 1 N–H and O–H groups in total. The van der Waals surface area contributed by atoms with Gasteiger partial charge in [0.15, 0.2) is 18.1 Å². The molecule has 15 heteroatoms. The zero-order valence-electron chi connectivity index (χ0n) is 17.7. The van der Waals surface area contributed by atoms with Crippen molar-refractivity contribution in [2.24, 2.45) is 5.10 Å². The van der Waals surface area contributed by atoms with Crippen LogP contribution >= 0.6 is 0 Å². The van der Waals surface area contributed by atoms with Crippen molar-refractivity contribution < 1.29 is 33.6 Å². The van der Waals surface area contributed by atoms with E-state index in [4.69, 9.17) is 9.47 Å². The van der Waals surface area contributed by atoms with E-state index in [2.05, 4.69) is 20.3 Å². The van der Waals surface area contributed by atoms with Gasteiger partial charge in [-0.25, -0.2) is 5.43 Å². The van der Waals surface area contributed by atoms with Gasteiger partial charge in [-0.2, -0.15) is 5.10 Å². The molecule has 0 bridgehead atoms. The highest BCUT2D eigenvalue weighted by Gasteiger charge is 2.29. The Labute approximate surface area is 190 Å². The van der Waals surface area contributed by atoms with Gasteiger partial charge in [-0.1, -0.05) is 0 Å². The Morgan fingerprint density at radius 3 is 2.47 bits per heavy atom. The van der Waals surface area contributed by atoms with Crippen LogP contribution in [-0.4, -0.2) is 40.8 Å². The summed E-state index contributed by atoms with van der Waals surface area (Å²) in [6, 6.07) is 7.73. The van der Waals surface area contributed by atoms with E-state index in [1.54, 1.807) is 0 Å². The molecule has 1 aromatic heterocycles. The summed E-state index contributed by atoms with van der Waals surface area (Å²) in [4.78, 5) is 33.1. The third kappa shape index (κ3) is 5.21. The standard InChI is InChI=1S/C19H16N6O9/c1-11-19(22-34-25(11)31)14-7-16(32-2)17(8-15(14)24(29)30)33-10-18(26)21-20-9-12-3-5-13(6-4-12)23(27)28/h3-9H,10H2,1-2H3,(H,21,26)/b20-9+. The van der Waals surface area contributed by atoms with Gasteiger partial charge in [0, 0.05) is 30.3 Å². The number of hydrogen-bond donors (Lipinski definition) is 1. The third-order valence-corrected chi connectivity index (χ3v) is 4.42. The number of nitrogens with zero attached hydrogens (tertiary/aromatic N) is 5. The highest BCUT2D eigenvalue weighted by atomic mass is 16.8. The smallest absolute Gasteiger partial charge is 0.285 e. The molecule has 2 aromatic carbocycles. The monoisotopic (exact) mass is 472 g/mol. The van der Waals surface area contributed by atoms with Crippen LogP contribution in [0, 0.1) is 32.4 Å². The number of benzene rings is 2. The lowest BCUT2D eigenvalue weighted by Crippen LogP contribution is -2.25. The number of nitro benzene ring substituents is 2. The van der Waals surface area contributed by atoms with E-state index in [1.807, 2.05) is 0 Å². The molecule has 176 valence electrons. The topological polar surface area (TPSA) is 199 Å². The van der Waals surface area contributed by atoms with Crippen molar-refractivity contribution in [1.82, 2.24) is 10.6 Å². The third-order valence-electron chi connectivity index (χ3n) is 4.42. The number of non-ortho nitro benzene ring substituents is 1. The molecule has 15 nitrogen and oxygen atoms in total. The largest absolute Gasteiger partial charge is 0.493 e. The van der Waals surface area contributed by atoms with Crippen LogP contribution in [0.15, 0.2) is 46.1 Å². The van der Waals surface area contributed by atoms with Crippen molar-refractivity contribution >= 4 is 23.5 Å². The Bertz CT molecular complexity index is 1270. The predicted octanol–water partition coefficient (Wildman–Crippen LogP) is 1.64. The molecule has 0 spiro atoms. The van der Waals surface area contributed by atoms with Crippen LogP contribution in [0.4, 0.5) is 11.4 Å². The molecule has 0 unspecified atom stereocenters. The van der Waals surface area contributed by atoms with Crippen LogP contribution in [0.25, 0.3) is 11.3 Å². The lowest BCUT2D eigenvalue weighted by molar-refractivity contribution is -0.806. The van der Waals surface area contributed by atoms with Gasteiger partial charge in [-0.15, -0.1) is 0 Å². The molecule has 3 rings (SSSR count). The van der Waals surface area contributed by atoms with Crippen LogP contribution in [0.3, 0.4) is 0 Å². The zero-order chi connectivity index (χ0) is 24.8. The minimum Gasteiger partial charge on any atom is -0.493 e. The normalized spacial score (nSPS) is 10.8. The number of hydrogen-bond acceptors (Lipinski definition) is 11. The SMILES string of the molecule is COc1cc(-c2no[n+]([O-])c2C)c([N+](=O)[O-])cc1OCC(=O)N/N=C/c1ccc([N+](=O)[O-])cc1. The van der Waals surface area contributed by atoms with E-state index < -0.39 is 28.0 Å². The molecule has 1 heterocycles. The van der Waals surface area contributed by atoms with Gasteiger partial charge in [0.2, 0.25) is 5.69 Å². The van der Waals surface area contributed by atoms with E-state index in [-0.39, 0.29) is 39.0 Å². The first-order valence-electron chi connectivity index (χ1n) is 9.33. The maximum Gasteiger partial charge on any atom is 0.285 e. The molecule has 3 aromatic rings. The van der Waals surface area contributed by atoms with Crippen molar-refractivity contribution in [3.05, 3.63) is 73.1 Å². The fourth-order valence-electron chi connectivity index (χ4n) is 2.73. The summed E-state index contributed by atoms with van der Waals surface area (Å²) in [5.74, 6) is -0.752. The van der Waals surface area contributed by atoms with Crippen molar-refractivity contribution in [1.29, 1.82) is 0 Å². The summed E-state index contributed by atoms with van der Waals surface area (Å²) >= 11 is 0. The fraction of sp³-hybridized carbons (Fsp3) is 0.158. The molecule has 0 aliphatic heterocycles. The Morgan fingerprint density at radius 2 is 1.91 bits per heavy atom. The maximum absolute atomic E-state index is 12.0. The van der Waals surface area contributed by atoms with E-state index in [9.17, 15) is 30.2 Å². The number of methoxy groups -OCH3 is 1. The molecule has 0 saturated carbocycles. The van der Waals surface area contributed by atoms with E-state index in [0.29, 0.717) is 5.56 Å². The van der Waals surface area contributed by atoms with E-state index in [0.717, 1.165) is 6.07 Å². The average molecular weight is 472 g/mol. The quantitative estimate of drug-likeness (QED) is 0.206. The maximum atomic E-state index is 12.0. The summed E-state index contributed by atoms with van der Waals surface area (Å²) in [6.07, 6.45) is 1.27. The van der Waals surface area contributed by atoms with Gasteiger partial charge >= 0.3 is 0 Å². The number of carbonyl (C=O) groups is 1. The molecule has 0 fully saturated rings. The molecule has 34 heavy (non-hydrogen) atoms. The van der Waals surface area contributed by atoms with Crippen LogP contribution in [0.2, 0.25) is 0 Å². The predicted molar refractivity (Wildman–Crippen MR) is 113 cm³/mol. The van der Waals surface area contributed by atoms with Crippen LogP contribution in [-0.2, 0) is 4.79 Å². The summed E-state index contributed by atoms with van der Waals surface area (Å²) in [6.45, 7) is 0.814. The highest BCUT2D eigenvalue weighted by Crippen LogP contribution is 2.39. The Morgan fingerprint density at radius 1 is 1.21 bits per heavy atom. The lowest BCUT2D eigenvalue weighted by Gasteiger charge is -2.11. The highest BCUT2D eigenvalue weighted by molar-refractivity contribution is 5.83. The average Bonchev–Trinajstić information content (AvgIpc) is 3.15. The van der Waals surface area contributed by atoms with Crippen molar-refractivity contribution in [2.75, 3.05) is 13.7 Å². The van der Waals surface area contributed by atoms with Crippen LogP contribution in [0.1, 0.15) is 11.3 Å². The molecule has 0 aliphatic rings. The van der Waals surface area contributed by atoms with Crippen molar-refractivity contribution in [2.45, 2.75) is 6.92 Å². The summed E-state index contributed by atoms with van der Waals surface area (Å²) < 4.78 is 15.0. The molecule has 0 aliphatic carbocycles. The van der Waals surface area contributed by atoms with Gasteiger partial charge in [-0.05, 0) is 22.6 Å². The van der Waals surface area contributed by atoms with E-state index >= 15 is 0 Å². The molecular formula is C19H16N6O9. The Hall–Kier alpha value is -5.08. The number of hydrazone groups is 1. The van der Waals surface area contributed by atoms with E-state index in [1.165, 1.54) is 50.6 Å². The van der Waals surface area contributed by atoms with Gasteiger partial charge in [-0.3, -0.25) is 29.7 Å². The second-order valence-electron chi connectivity index (χ2n) is 6.57. The summed E-state index contributed by atoms with van der Waals surface area (Å²) in [5, 5.41) is 41.0. The number of rotatable bonds is 9. The van der Waals surface area contributed by atoms with Gasteiger partial charge < -0.3 is 14.7 Å². The number of amides is 1. The first-order chi connectivity index (χ1) is 16.2. The Balaban J connectivity index is 1.71. The first kappa shape index (κ1) is 23.6. The second kappa shape index (κ2) is 10.0. The molecule has 0 radical (unpaired) electrons. The number of carbonyl (C=O) groups excluding carboxylic acids is 1. The van der Waals surface area contributed by atoms with Gasteiger partial charge in [0.05, 0.1) is 29.2 Å². The Kier molecular flexibility index (Phi) is 6.95. The van der Waals surface area contributed by atoms with Crippen molar-refractivity contribution in [3.63, 3.8) is 0 Å². The van der Waals surface area contributed by atoms with Crippen LogP contribution < -0.4 is 19.8 Å². The second-order valence-corrected chi connectivity index (χ2v) is 6.57. The molecule has 0 atom stereocenters. The zero-order valence-corrected chi connectivity index (χ0v) is 17.7. The number of aromatic nitrogens is 2. The lowest BCUT2D eigenvalue weighted by atomic mass is 10.1. The number of nitro groups is 2. The number of ether oxygens (including phenoxy) is 2. The van der Waals surface area contributed by atoms with Gasteiger partial charge in [0.25, 0.3) is 23.0 Å². The fourth-order valence-corrected chi connectivity index (χ4v) is 2.73. The molecule has 0 saturated heterocycles.